The Hall–Kier alpha value is -0.590. The number of hydrogen-bond acceptors (Lipinski definition) is 3. The molecule has 1 aliphatic rings. The molecule has 0 aromatic heterocycles. The molecular formula is C10H19N3. The Bertz CT molecular complexity index is 195. The van der Waals surface area contributed by atoms with Crippen LogP contribution in [0.15, 0.2) is 0 Å². The highest BCUT2D eigenvalue weighted by Gasteiger charge is 2.24. The van der Waals surface area contributed by atoms with E-state index in [-0.39, 0.29) is 0 Å². The van der Waals surface area contributed by atoms with Gasteiger partial charge in [-0.15, -0.1) is 0 Å². The van der Waals surface area contributed by atoms with Crippen LogP contribution in [-0.2, 0) is 0 Å². The molecule has 1 unspecified atom stereocenters. The number of nitrogens with zero attached hydrogens (tertiary/aromatic N) is 3. The largest absolute Gasteiger partial charge is 0.300 e. The highest BCUT2D eigenvalue weighted by atomic mass is 15.3. The van der Waals surface area contributed by atoms with Crippen molar-refractivity contribution in [2.24, 2.45) is 0 Å². The fourth-order valence-corrected chi connectivity index (χ4v) is 1.76. The highest BCUT2D eigenvalue weighted by Crippen LogP contribution is 2.12. The van der Waals surface area contributed by atoms with Gasteiger partial charge < -0.3 is 0 Å². The molecule has 0 aromatic rings. The van der Waals surface area contributed by atoms with Gasteiger partial charge in [-0.25, -0.2) is 0 Å². The van der Waals surface area contributed by atoms with Crippen molar-refractivity contribution in [1.82, 2.24) is 9.80 Å². The van der Waals surface area contributed by atoms with Crippen LogP contribution in [0, 0.1) is 11.3 Å². The summed E-state index contributed by atoms with van der Waals surface area (Å²) in [5, 5.41) is 8.67. The molecule has 0 aromatic carbocycles. The van der Waals surface area contributed by atoms with Crippen molar-refractivity contribution in [2.75, 3.05) is 26.7 Å². The standard InChI is InChI=1S/C10H19N3/c1-9(2)13-7-6-12(3)10(8-13)4-5-11/h9-10H,4,6-8H2,1-3H3. The van der Waals surface area contributed by atoms with Crippen molar-refractivity contribution in [3.05, 3.63) is 0 Å². The number of rotatable bonds is 2. The van der Waals surface area contributed by atoms with E-state index in [4.69, 9.17) is 5.26 Å². The van der Waals surface area contributed by atoms with Gasteiger partial charge in [0, 0.05) is 31.7 Å². The fourth-order valence-electron chi connectivity index (χ4n) is 1.76. The van der Waals surface area contributed by atoms with Crippen molar-refractivity contribution in [3.8, 4) is 6.07 Å². The van der Waals surface area contributed by atoms with Gasteiger partial charge >= 0.3 is 0 Å². The van der Waals surface area contributed by atoms with Gasteiger partial charge in [-0.2, -0.15) is 5.26 Å². The van der Waals surface area contributed by atoms with Crippen molar-refractivity contribution in [3.63, 3.8) is 0 Å². The maximum absolute atomic E-state index is 8.67. The molecule has 13 heavy (non-hydrogen) atoms. The quantitative estimate of drug-likeness (QED) is 0.634. The number of nitriles is 1. The maximum atomic E-state index is 8.67. The molecule has 0 aliphatic carbocycles. The second kappa shape index (κ2) is 4.59. The molecular weight excluding hydrogens is 162 g/mol. The molecule has 1 heterocycles. The first kappa shape index (κ1) is 10.5. The van der Waals surface area contributed by atoms with Gasteiger partial charge in [0.25, 0.3) is 0 Å². The second-order valence-corrected chi connectivity index (χ2v) is 4.09. The van der Waals surface area contributed by atoms with Gasteiger partial charge in [0.15, 0.2) is 0 Å². The third-order valence-corrected chi connectivity index (χ3v) is 2.87. The summed E-state index contributed by atoms with van der Waals surface area (Å²) in [6.07, 6.45) is 0.653. The predicted octanol–water partition coefficient (Wildman–Crippen LogP) is 0.924. The predicted molar refractivity (Wildman–Crippen MR) is 53.4 cm³/mol. The average Bonchev–Trinajstić information content (AvgIpc) is 2.08. The molecule has 3 heteroatoms. The summed E-state index contributed by atoms with van der Waals surface area (Å²) in [5.41, 5.74) is 0. The van der Waals surface area contributed by atoms with Crippen LogP contribution in [0.5, 0.6) is 0 Å². The summed E-state index contributed by atoms with van der Waals surface area (Å²) in [6, 6.07) is 3.30. The molecule has 1 fully saturated rings. The molecule has 0 amide bonds. The number of hydrogen-bond donors (Lipinski definition) is 0. The zero-order valence-electron chi connectivity index (χ0n) is 8.82. The van der Waals surface area contributed by atoms with Gasteiger partial charge in [-0.1, -0.05) is 0 Å². The van der Waals surface area contributed by atoms with Crippen LogP contribution in [-0.4, -0.2) is 48.6 Å². The second-order valence-electron chi connectivity index (χ2n) is 4.09. The first-order chi connectivity index (χ1) is 6.15. The van der Waals surface area contributed by atoms with Gasteiger partial charge in [0.2, 0.25) is 0 Å². The van der Waals surface area contributed by atoms with Crippen molar-refractivity contribution in [1.29, 1.82) is 5.26 Å². The third kappa shape index (κ3) is 2.68. The molecule has 1 rings (SSSR count). The van der Waals surface area contributed by atoms with Crippen LogP contribution in [0.25, 0.3) is 0 Å². The first-order valence-corrected chi connectivity index (χ1v) is 4.96. The number of likely N-dealkylation sites (N-methyl/N-ethyl adjacent to an activating group) is 1. The Morgan fingerprint density at radius 3 is 2.69 bits per heavy atom. The van der Waals surface area contributed by atoms with Gasteiger partial charge in [0.05, 0.1) is 12.5 Å². The summed E-state index contributed by atoms with van der Waals surface area (Å²) in [5.74, 6) is 0. The number of piperazine rings is 1. The van der Waals surface area contributed by atoms with E-state index in [1.165, 1.54) is 0 Å². The summed E-state index contributed by atoms with van der Waals surface area (Å²) >= 11 is 0. The van der Waals surface area contributed by atoms with Crippen molar-refractivity contribution >= 4 is 0 Å². The highest BCUT2D eigenvalue weighted by molar-refractivity contribution is 4.88. The Morgan fingerprint density at radius 1 is 1.46 bits per heavy atom. The lowest BCUT2D eigenvalue weighted by Crippen LogP contribution is -2.53. The van der Waals surface area contributed by atoms with Gasteiger partial charge in [-0.05, 0) is 20.9 Å². The van der Waals surface area contributed by atoms with E-state index >= 15 is 0 Å². The van der Waals surface area contributed by atoms with E-state index in [0.717, 1.165) is 19.6 Å². The van der Waals surface area contributed by atoms with E-state index in [2.05, 4.69) is 36.8 Å². The van der Waals surface area contributed by atoms with Crippen LogP contribution in [0.1, 0.15) is 20.3 Å². The Balaban J connectivity index is 2.48. The zero-order chi connectivity index (χ0) is 9.84. The van der Waals surface area contributed by atoms with Gasteiger partial charge in [-0.3, -0.25) is 9.80 Å². The Labute approximate surface area is 80.9 Å². The topological polar surface area (TPSA) is 30.3 Å². The molecule has 74 valence electrons. The molecule has 3 nitrogen and oxygen atoms in total. The molecule has 1 aliphatic heterocycles. The SMILES string of the molecule is CC(C)N1CCN(C)C(CC#N)C1. The minimum Gasteiger partial charge on any atom is -0.300 e. The zero-order valence-corrected chi connectivity index (χ0v) is 8.82. The lowest BCUT2D eigenvalue weighted by atomic mass is 10.1. The lowest BCUT2D eigenvalue weighted by molar-refractivity contribution is 0.0768. The summed E-state index contributed by atoms with van der Waals surface area (Å²) < 4.78 is 0. The molecule has 0 N–H and O–H groups in total. The van der Waals surface area contributed by atoms with Gasteiger partial charge in [0.1, 0.15) is 0 Å². The summed E-state index contributed by atoms with van der Waals surface area (Å²) in [6.45, 7) is 7.70. The van der Waals surface area contributed by atoms with Crippen LogP contribution in [0.4, 0.5) is 0 Å². The van der Waals surface area contributed by atoms with Crippen LogP contribution in [0.3, 0.4) is 0 Å². The fraction of sp³-hybridized carbons (Fsp3) is 0.900. The normalized spacial score (nSPS) is 26.2. The molecule has 1 atom stereocenters. The van der Waals surface area contributed by atoms with Crippen molar-refractivity contribution < 1.29 is 0 Å². The van der Waals surface area contributed by atoms with E-state index < -0.39 is 0 Å². The molecule has 0 spiro atoms. The molecule has 0 radical (unpaired) electrons. The van der Waals surface area contributed by atoms with Crippen molar-refractivity contribution in [2.45, 2.75) is 32.4 Å². The summed E-state index contributed by atoms with van der Waals surface area (Å²) in [4.78, 5) is 4.74. The smallest absolute Gasteiger partial charge is 0.0638 e. The van der Waals surface area contributed by atoms with Crippen LogP contribution in [0.2, 0.25) is 0 Å². The minimum absolute atomic E-state index is 0.432. The van der Waals surface area contributed by atoms with E-state index in [1.54, 1.807) is 0 Å². The van der Waals surface area contributed by atoms with E-state index in [9.17, 15) is 0 Å². The molecule has 1 saturated heterocycles. The molecule has 0 bridgehead atoms. The average molecular weight is 181 g/mol. The maximum Gasteiger partial charge on any atom is 0.0638 e. The monoisotopic (exact) mass is 181 g/mol. The van der Waals surface area contributed by atoms with Crippen LogP contribution >= 0.6 is 0 Å². The third-order valence-electron chi connectivity index (χ3n) is 2.87. The van der Waals surface area contributed by atoms with Crippen LogP contribution < -0.4 is 0 Å². The molecule has 0 saturated carbocycles. The Morgan fingerprint density at radius 2 is 2.15 bits per heavy atom. The first-order valence-electron chi connectivity index (χ1n) is 4.96. The van der Waals surface area contributed by atoms with E-state index in [0.29, 0.717) is 18.5 Å². The Kier molecular flexibility index (Phi) is 3.71. The lowest BCUT2D eigenvalue weighted by Gasteiger charge is -2.40. The summed E-state index contributed by atoms with van der Waals surface area (Å²) in [7, 11) is 2.11. The minimum atomic E-state index is 0.432. The van der Waals surface area contributed by atoms with E-state index in [1.807, 2.05) is 0 Å².